The van der Waals surface area contributed by atoms with E-state index in [0.717, 1.165) is 12.1 Å². The van der Waals surface area contributed by atoms with E-state index in [4.69, 9.17) is 0 Å². The number of likely N-dealkylation sites (tertiary alicyclic amines) is 1. The van der Waals surface area contributed by atoms with Crippen molar-refractivity contribution in [2.24, 2.45) is 5.92 Å². The van der Waals surface area contributed by atoms with Gasteiger partial charge >= 0.3 is 6.18 Å². The summed E-state index contributed by atoms with van der Waals surface area (Å²) in [4.78, 5) is 13.8. The molecule has 3 atom stereocenters. The van der Waals surface area contributed by atoms with Gasteiger partial charge < -0.3 is 15.1 Å². The van der Waals surface area contributed by atoms with E-state index < -0.39 is 30.0 Å². The van der Waals surface area contributed by atoms with Crippen molar-refractivity contribution < 1.29 is 28.2 Å². The zero-order valence-corrected chi connectivity index (χ0v) is 13.6. The SMILES string of the molecule is CC(C)C(O)CC(=O)N1CC(O)CC1c1cccc(C(F)(F)F)c1. The number of rotatable bonds is 4. The Morgan fingerprint density at radius 2 is 2.04 bits per heavy atom. The Kier molecular flexibility index (Phi) is 5.55. The van der Waals surface area contributed by atoms with E-state index in [1.807, 2.05) is 0 Å². The van der Waals surface area contributed by atoms with Crippen molar-refractivity contribution in [3.05, 3.63) is 35.4 Å². The molecule has 0 saturated carbocycles. The van der Waals surface area contributed by atoms with Crippen molar-refractivity contribution in [3.63, 3.8) is 0 Å². The molecule has 0 radical (unpaired) electrons. The molecule has 1 heterocycles. The minimum atomic E-state index is -4.46. The van der Waals surface area contributed by atoms with E-state index >= 15 is 0 Å². The minimum absolute atomic E-state index is 0.0601. The van der Waals surface area contributed by atoms with Gasteiger partial charge in [-0.1, -0.05) is 26.0 Å². The van der Waals surface area contributed by atoms with Crippen LogP contribution in [0.5, 0.6) is 0 Å². The van der Waals surface area contributed by atoms with Crippen molar-refractivity contribution in [3.8, 4) is 0 Å². The Bertz CT molecular complexity index is 589. The molecule has 3 unspecified atom stereocenters. The molecule has 134 valence electrons. The number of benzene rings is 1. The average molecular weight is 345 g/mol. The number of nitrogens with zero attached hydrogens (tertiary/aromatic N) is 1. The van der Waals surface area contributed by atoms with E-state index in [2.05, 4.69) is 0 Å². The summed E-state index contributed by atoms with van der Waals surface area (Å²) in [6.07, 6.45) is -6.00. The fourth-order valence-electron chi connectivity index (χ4n) is 2.86. The largest absolute Gasteiger partial charge is 0.416 e. The molecule has 1 amide bonds. The molecule has 1 saturated heterocycles. The number of aliphatic hydroxyl groups is 2. The summed E-state index contributed by atoms with van der Waals surface area (Å²) in [5, 5.41) is 19.7. The Labute approximate surface area is 138 Å². The maximum atomic E-state index is 12.9. The van der Waals surface area contributed by atoms with Crippen LogP contribution in [0.1, 0.15) is 43.9 Å². The lowest BCUT2D eigenvalue weighted by atomic mass is 10.00. The summed E-state index contributed by atoms with van der Waals surface area (Å²) in [5.74, 6) is -0.469. The van der Waals surface area contributed by atoms with Gasteiger partial charge in [-0.2, -0.15) is 13.2 Å². The molecule has 2 rings (SSSR count). The first-order valence-electron chi connectivity index (χ1n) is 7.92. The summed E-state index contributed by atoms with van der Waals surface area (Å²) >= 11 is 0. The van der Waals surface area contributed by atoms with Gasteiger partial charge in [0.1, 0.15) is 0 Å². The minimum Gasteiger partial charge on any atom is -0.392 e. The highest BCUT2D eigenvalue weighted by Crippen LogP contribution is 2.36. The van der Waals surface area contributed by atoms with Crippen molar-refractivity contribution in [2.75, 3.05) is 6.54 Å². The highest BCUT2D eigenvalue weighted by molar-refractivity contribution is 5.77. The first-order valence-corrected chi connectivity index (χ1v) is 7.92. The third-order valence-corrected chi connectivity index (χ3v) is 4.35. The van der Waals surface area contributed by atoms with Crippen LogP contribution in [0.4, 0.5) is 13.2 Å². The van der Waals surface area contributed by atoms with Crippen LogP contribution in [0.3, 0.4) is 0 Å². The third kappa shape index (κ3) is 4.27. The van der Waals surface area contributed by atoms with Crippen molar-refractivity contribution in [1.29, 1.82) is 0 Å². The molecule has 0 spiro atoms. The predicted octanol–water partition coefficient (Wildman–Crippen LogP) is 2.75. The Hall–Kier alpha value is -1.60. The van der Waals surface area contributed by atoms with Crippen LogP contribution in [-0.4, -0.2) is 39.8 Å². The molecule has 1 fully saturated rings. The second-order valence-electron chi connectivity index (χ2n) is 6.59. The highest BCUT2D eigenvalue weighted by Gasteiger charge is 2.37. The Morgan fingerprint density at radius 1 is 1.38 bits per heavy atom. The number of alkyl halides is 3. The van der Waals surface area contributed by atoms with E-state index in [1.165, 1.54) is 17.0 Å². The first kappa shape index (κ1) is 18.7. The van der Waals surface area contributed by atoms with Crippen LogP contribution in [0.2, 0.25) is 0 Å². The normalized spacial score (nSPS) is 22.9. The van der Waals surface area contributed by atoms with Crippen LogP contribution in [0, 0.1) is 5.92 Å². The highest BCUT2D eigenvalue weighted by atomic mass is 19.4. The standard InChI is InChI=1S/C17H22F3NO3/c1-10(2)15(23)8-16(24)21-9-13(22)7-14(21)11-4-3-5-12(6-11)17(18,19)20/h3-6,10,13-15,22-23H,7-9H2,1-2H3. The van der Waals surface area contributed by atoms with E-state index in [1.54, 1.807) is 13.8 Å². The van der Waals surface area contributed by atoms with Crippen molar-refractivity contribution >= 4 is 5.91 Å². The number of carbonyl (C=O) groups excluding carboxylic acids is 1. The predicted molar refractivity (Wildman–Crippen MR) is 82.0 cm³/mol. The molecular weight excluding hydrogens is 323 g/mol. The van der Waals surface area contributed by atoms with Gasteiger partial charge in [0, 0.05) is 6.54 Å². The maximum Gasteiger partial charge on any atom is 0.416 e. The van der Waals surface area contributed by atoms with Gasteiger partial charge in [0.2, 0.25) is 5.91 Å². The summed E-state index contributed by atoms with van der Waals surface area (Å²) in [6, 6.07) is 4.20. The number of carbonyl (C=O) groups is 1. The molecule has 1 aliphatic heterocycles. The quantitative estimate of drug-likeness (QED) is 0.882. The van der Waals surface area contributed by atoms with Gasteiger partial charge in [-0.3, -0.25) is 4.79 Å². The number of aliphatic hydroxyl groups excluding tert-OH is 2. The number of halogens is 3. The molecule has 1 aromatic carbocycles. The molecule has 1 aliphatic rings. The topological polar surface area (TPSA) is 60.8 Å². The molecule has 2 N–H and O–H groups in total. The van der Waals surface area contributed by atoms with Crippen LogP contribution in [0.25, 0.3) is 0 Å². The van der Waals surface area contributed by atoms with Gasteiger partial charge in [-0.15, -0.1) is 0 Å². The van der Waals surface area contributed by atoms with Crippen LogP contribution < -0.4 is 0 Å². The maximum absolute atomic E-state index is 12.9. The molecule has 0 bridgehead atoms. The van der Waals surface area contributed by atoms with E-state index in [-0.39, 0.29) is 31.2 Å². The number of hydrogen-bond donors (Lipinski definition) is 2. The molecule has 24 heavy (non-hydrogen) atoms. The summed E-state index contributed by atoms with van der Waals surface area (Å²) < 4.78 is 38.7. The number of β-amino-alcohol motifs (C(OH)–C–C–N with tert-alkyl or cyclic N) is 1. The smallest absolute Gasteiger partial charge is 0.392 e. The lowest BCUT2D eigenvalue weighted by molar-refractivity contribution is -0.137. The van der Waals surface area contributed by atoms with Crippen molar-refractivity contribution in [1.82, 2.24) is 4.90 Å². The summed E-state index contributed by atoms with van der Waals surface area (Å²) in [7, 11) is 0. The lowest BCUT2D eigenvalue weighted by Gasteiger charge is -2.27. The van der Waals surface area contributed by atoms with Crippen molar-refractivity contribution in [2.45, 2.75) is 51.1 Å². The van der Waals surface area contributed by atoms with Gasteiger partial charge in [-0.05, 0) is 30.0 Å². The van der Waals surface area contributed by atoms with Crippen LogP contribution >= 0.6 is 0 Å². The molecular formula is C17H22F3NO3. The second-order valence-corrected chi connectivity index (χ2v) is 6.59. The second kappa shape index (κ2) is 7.11. The lowest BCUT2D eigenvalue weighted by Crippen LogP contribution is -2.35. The third-order valence-electron chi connectivity index (χ3n) is 4.35. The van der Waals surface area contributed by atoms with Crippen LogP contribution in [0.15, 0.2) is 24.3 Å². The molecule has 0 aromatic heterocycles. The van der Waals surface area contributed by atoms with E-state index in [0.29, 0.717) is 5.56 Å². The van der Waals surface area contributed by atoms with Gasteiger partial charge in [0.15, 0.2) is 0 Å². The number of hydrogen-bond acceptors (Lipinski definition) is 3. The zero-order chi connectivity index (χ0) is 18.1. The Morgan fingerprint density at radius 3 is 2.62 bits per heavy atom. The fraction of sp³-hybridized carbons (Fsp3) is 0.588. The van der Waals surface area contributed by atoms with Crippen LogP contribution in [-0.2, 0) is 11.0 Å². The van der Waals surface area contributed by atoms with Gasteiger partial charge in [0.25, 0.3) is 0 Å². The monoisotopic (exact) mass is 345 g/mol. The zero-order valence-electron chi connectivity index (χ0n) is 13.6. The molecule has 0 aliphatic carbocycles. The van der Waals surface area contributed by atoms with E-state index in [9.17, 15) is 28.2 Å². The summed E-state index contributed by atoms with van der Waals surface area (Å²) in [5.41, 5.74) is -0.440. The number of amides is 1. The Balaban J connectivity index is 2.23. The molecule has 1 aromatic rings. The fourth-order valence-corrected chi connectivity index (χ4v) is 2.86. The van der Waals surface area contributed by atoms with Gasteiger partial charge in [-0.25, -0.2) is 0 Å². The van der Waals surface area contributed by atoms with Gasteiger partial charge in [0.05, 0.1) is 30.2 Å². The molecule has 4 nitrogen and oxygen atoms in total. The molecule has 7 heteroatoms. The first-order chi connectivity index (χ1) is 11.1. The summed E-state index contributed by atoms with van der Waals surface area (Å²) in [6.45, 7) is 3.62. The average Bonchev–Trinajstić information content (AvgIpc) is 2.88.